The van der Waals surface area contributed by atoms with E-state index in [4.69, 9.17) is 0 Å². The minimum atomic E-state index is -0.131. The maximum Gasteiger partial charge on any atom is 0.251 e. The number of nitrogens with one attached hydrogen (secondary N) is 3. The highest BCUT2D eigenvalue weighted by atomic mass is 16.2. The predicted molar refractivity (Wildman–Crippen MR) is 134 cm³/mol. The van der Waals surface area contributed by atoms with Crippen molar-refractivity contribution in [2.75, 3.05) is 17.2 Å². The lowest BCUT2D eigenvalue weighted by Crippen LogP contribution is -2.25. The fourth-order valence-corrected chi connectivity index (χ4v) is 3.44. The lowest BCUT2D eigenvalue weighted by molar-refractivity contribution is -0.114. The van der Waals surface area contributed by atoms with Crippen LogP contribution in [0.1, 0.15) is 22.8 Å². The molecule has 0 radical (unpaired) electrons. The van der Waals surface area contributed by atoms with Gasteiger partial charge in [-0.1, -0.05) is 48.5 Å². The van der Waals surface area contributed by atoms with E-state index >= 15 is 0 Å². The quantitative estimate of drug-likeness (QED) is 0.357. The predicted octanol–water partition coefficient (Wildman–Crippen LogP) is 4.82. The molecule has 0 aliphatic carbocycles. The molecule has 0 unspecified atom stereocenters. The van der Waals surface area contributed by atoms with Crippen molar-refractivity contribution in [1.82, 2.24) is 15.3 Å². The molecule has 0 aliphatic heterocycles. The Morgan fingerprint density at radius 1 is 0.853 bits per heavy atom. The molecule has 1 heterocycles. The van der Waals surface area contributed by atoms with Gasteiger partial charge in [0.1, 0.15) is 0 Å². The highest BCUT2D eigenvalue weighted by Crippen LogP contribution is 2.22. The number of amides is 2. The zero-order valence-electron chi connectivity index (χ0n) is 18.8. The Labute approximate surface area is 198 Å². The van der Waals surface area contributed by atoms with E-state index in [1.54, 1.807) is 18.3 Å². The Morgan fingerprint density at radius 2 is 1.65 bits per heavy atom. The maximum atomic E-state index is 12.6. The molecule has 0 saturated heterocycles. The molecule has 170 valence electrons. The minimum absolute atomic E-state index is 0.117. The van der Waals surface area contributed by atoms with Crippen molar-refractivity contribution in [3.05, 3.63) is 102 Å². The first-order chi connectivity index (χ1) is 16.6. The van der Waals surface area contributed by atoms with Crippen molar-refractivity contribution in [1.29, 1.82) is 0 Å². The van der Waals surface area contributed by atoms with Gasteiger partial charge >= 0.3 is 0 Å². The molecule has 7 heteroatoms. The third kappa shape index (κ3) is 6.26. The molecular formula is C27H25N5O2. The summed E-state index contributed by atoms with van der Waals surface area (Å²) >= 11 is 0. The Bertz CT molecular complexity index is 1270. The molecule has 34 heavy (non-hydrogen) atoms. The summed E-state index contributed by atoms with van der Waals surface area (Å²) in [5.41, 5.74) is 4.81. The van der Waals surface area contributed by atoms with Crippen LogP contribution < -0.4 is 16.0 Å². The Kier molecular flexibility index (Phi) is 7.25. The Hall–Kier alpha value is -4.52. The van der Waals surface area contributed by atoms with Gasteiger partial charge in [0, 0.05) is 42.2 Å². The van der Waals surface area contributed by atoms with E-state index in [-0.39, 0.29) is 11.8 Å². The van der Waals surface area contributed by atoms with Crippen LogP contribution in [0.15, 0.2) is 91.1 Å². The number of hydrogen-bond donors (Lipinski definition) is 3. The summed E-state index contributed by atoms with van der Waals surface area (Å²) in [6, 6.07) is 26.5. The smallest absolute Gasteiger partial charge is 0.251 e. The van der Waals surface area contributed by atoms with Gasteiger partial charge in [-0.2, -0.15) is 0 Å². The van der Waals surface area contributed by atoms with Crippen LogP contribution in [0.4, 0.5) is 17.3 Å². The van der Waals surface area contributed by atoms with Crippen molar-refractivity contribution >= 4 is 29.1 Å². The third-order valence-electron chi connectivity index (χ3n) is 5.08. The van der Waals surface area contributed by atoms with Crippen LogP contribution in [0, 0.1) is 0 Å². The number of anilines is 3. The van der Waals surface area contributed by atoms with Crippen LogP contribution in [0.3, 0.4) is 0 Å². The minimum Gasteiger partial charge on any atom is -0.352 e. The van der Waals surface area contributed by atoms with Gasteiger partial charge in [0.2, 0.25) is 11.9 Å². The van der Waals surface area contributed by atoms with Gasteiger partial charge in [-0.15, -0.1) is 0 Å². The summed E-state index contributed by atoms with van der Waals surface area (Å²) in [7, 11) is 0. The first-order valence-corrected chi connectivity index (χ1v) is 11.0. The number of aromatic nitrogens is 2. The second-order valence-corrected chi connectivity index (χ2v) is 7.72. The molecule has 0 atom stereocenters. The molecular weight excluding hydrogens is 426 g/mol. The molecule has 1 aromatic heterocycles. The van der Waals surface area contributed by atoms with Gasteiger partial charge < -0.3 is 16.0 Å². The third-order valence-corrected chi connectivity index (χ3v) is 5.08. The molecule has 3 N–H and O–H groups in total. The van der Waals surface area contributed by atoms with Crippen LogP contribution in [0.5, 0.6) is 0 Å². The van der Waals surface area contributed by atoms with Crippen molar-refractivity contribution in [2.24, 2.45) is 0 Å². The first kappa shape index (κ1) is 22.7. The molecule has 2 amide bonds. The number of carbonyl (C=O) groups is 2. The molecule has 4 aromatic rings. The van der Waals surface area contributed by atoms with Gasteiger partial charge in [0.05, 0.1) is 5.69 Å². The van der Waals surface area contributed by atoms with Crippen LogP contribution >= 0.6 is 0 Å². The molecule has 4 rings (SSSR count). The van der Waals surface area contributed by atoms with Crippen molar-refractivity contribution in [2.45, 2.75) is 13.3 Å². The summed E-state index contributed by atoms with van der Waals surface area (Å²) < 4.78 is 0. The summed E-state index contributed by atoms with van der Waals surface area (Å²) in [6.45, 7) is 2.03. The molecule has 0 saturated carbocycles. The summed E-state index contributed by atoms with van der Waals surface area (Å²) in [5, 5.41) is 8.88. The largest absolute Gasteiger partial charge is 0.352 e. The fourth-order valence-electron chi connectivity index (χ4n) is 3.44. The molecule has 7 nitrogen and oxygen atoms in total. The van der Waals surface area contributed by atoms with Crippen LogP contribution in [0.25, 0.3) is 11.3 Å². The SMILES string of the molecule is CC(=O)Nc1ccc(-c2ccnc(Nc3cccc(C(=O)NCCc4ccccc4)c3)n2)cc1. The van der Waals surface area contributed by atoms with E-state index in [0.29, 0.717) is 23.7 Å². The first-order valence-electron chi connectivity index (χ1n) is 11.0. The van der Waals surface area contributed by atoms with Gasteiger partial charge in [0.15, 0.2) is 0 Å². The van der Waals surface area contributed by atoms with Crippen molar-refractivity contribution in [3.8, 4) is 11.3 Å². The topological polar surface area (TPSA) is 96.0 Å². The lowest BCUT2D eigenvalue weighted by atomic mass is 10.1. The average molecular weight is 452 g/mol. The Morgan fingerprint density at radius 3 is 2.41 bits per heavy atom. The zero-order valence-corrected chi connectivity index (χ0v) is 18.8. The summed E-state index contributed by atoms with van der Waals surface area (Å²) in [4.78, 5) is 32.6. The van der Waals surface area contributed by atoms with Gasteiger partial charge in [-0.3, -0.25) is 9.59 Å². The van der Waals surface area contributed by atoms with E-state index in [2.05, 4.69) is 25.9 Å². The van der Waals surface area contributed by atoms with Crippen LogP contribution in [0.2, 0.25) is 0 Å². The molecule has 0 fully saturated rings. The summed E-state index contributed by atoms with van der Waals surface area (Å²) in [5.74, 6) is 0.173. The van der Waals surface area contributed by atoms with Crippen molar-refractivity contribution in [3.63, 3.8) is 0 Å². The number of nitrogens with zero attached hydrogens (tertiary/aromatic N) is 2. The molecule has 0 aliphatic rings. The summed E-state index contributed by atoms with van der Waals surface area (Å²) in [6.07, 6.45) is 2.45. The monoisotopic (exact) mass is 451 g/mol. The lowest BCUT2D eigenvalue weighted by Gasteiger charge is -2.10. The number of rotatable bonds is 8. The second-order valence-electron chi connectivity index (χ2n) is 7.72. The van der Waals surface area contributed by atoms with Crippen molar-refractivity contribution < 1.29 is 9.59 Å². The highest BCUT2D eigenvalue weighted by Gasteiger charge is 2.08. The molecule has 3 aromatic carbocycles. The maximum absolute atomic E-state index is 12.6. The van der Waals surface area contributed by atoms with Gasteiger partial charge in [-0.25, -0.2) is 9.97 Å². The van der Waals surface area contributed by atoms with Crippen LogP contribution in [-0.4, -0.2) is 28.3 Å². The number of carbonyl (C=O) groups excluding carboxylic acids is 2. The van der Waals surface area contributed by atoms with E-state index in [0.717, 1.165) is 23.4 Å². The van der Waals surface area contributed by atoms with E-state index < -0.39 is 0 Å². The normalized spacial score (nSPS) is 10.4. The van der Waals surface area contributed by atoms with Gasteiger partial charge in [0.25, 0.3) is 5.91 Å². The number of hydrogen-bond acceptors (Lipinski definition) is 5. The highest BCUT2D eigenvalue weighted by molar-refractivity contribution is 5.95. The van der Waals surface area contributed by atoms with Crippen LogP contribution in [-0.2, 0) is 11.2 Å². The molecule has 0 spiro atoms. The van der Waals surface area contributed by atoms with E-state index in [1.807, 2.05) is 72.8 Å². The number of benzene rings is 3. The standard InChI is InChI=1S/C27H25N5O2/c1-19(33)30-23-12-10-21(11-13-23)25-15-17-29-27(32-25)31-24-9-5-8-22(18-24)26(34)28-16-14-20-6-3-2-4-7-20/h2-13,15,17-18H,14,16H2,1H3,(H,28,34)(H,30,33)(H,29,31,32). The van der Waals surface area contributed by atoms with E-state index in [1.165, 1.54) is 12.5 Å². The van der Waals surface area contributed by atoms with Gasteiger partial charge in [-0.05, 0) is 48.4 Å². The Balaban J connectivity index is 1.39. The average Bonchev–Trinajstić information content (AvgIpc) is 2.85. The second kappa shape index (κ2) is 10.9. The molecule has 0 bridgehead atoms. The fraction of sp³-hybridized carbons (Fsp3) is 0.111. The van der Waals surface area contributed by atoms with E-state index in [9.17, 15) is 9.59 Å². The zero-order chi connectivity index (χ0) is 23.8.